The van der Waals surface area contributed by atoms with Crippen LogP contribution >= 0.6 is 0 Å². The van der Waals surface area contributed by atoms with Crippen LogP contribution in [0.25, 0.3) is 22.1 Å². The number of phenols is 1. The van der Waals surface area contributed by atoms with Crippen LogP contribution in [0.2, 0.25) is 0 Å². The van der Waals surface area contributed by atoms with Gasteiger partial charge >= 0.3 is 0 Å². The quantitative estimate of drug-likeness (QED) is 0.179. The summed E-state index contributed by atoms with van der Waals surface area (Å²) in [5, 5.41) is 72.4. The van der Waals surface area contributed by atoms with E-state index in [2.05, 4.69) is 0 Å². The molecule has 2 saturated heterocycles. The number of aliphatic hydroxyl groups excluding tert-OH is 6. The van der Waals surface area contributed by atoms with Crippen LogP contribution in [-0.4, -0.2) is 111 Å². The van der Waals surface area contributed by atoms with Gasteiger partial charge in [0.2, 0.25) is 17.5 Å². The highest BCUT2D eigenvalue weighted by Gasteiger charge is 2.51. The summed E-state index contributed by atoms with van der Waals surface area (Å²) in [6, 6.07) is 9.33. The van der Waals surface area contributed by atoms with Gasteiger partial charge < -0.3 is 63.8 Å². The molecule has 0 unspecified atom stereocenters. The summed E-state index contributed by atoms with van der Waals surface area (Å²) in [5.74, 6) is -0.254. The van der Waals surface area contributed by atoms with Crippen molar-refractivity contribution in [1.29, 1.82) is 0 Å². The van der Waals surface area contributed by atoms with Crippen LogP contribution in [0.1, 0.15) is 6.92 Å². The van der Waals surface area contributed by atoms with Crippen LogP contribution in [0.4, 0.5) is 0 Å². The van der Waals surface area contributed by atoms with Crippen LogP contribution in [-0.2, 0) is 14.2 Å². The molecule has 0 aliphatic carbocycles. The lowest BCUT2D eigenvalue weighted by Gasteiger charge is -2.45. The number of rotatable bonds is 7. The molecule has 5 rings (SSSR count). The van der Waals surface area contributed by atoms with Crippen LogP contribution < -0.4 is 14.9 Å². The summed E-state index contributed by atoms with van der Waals surface area (Å²) in [6.45, 7) is 0.706. The van der Waals surface area contributed by atoms with Crippen molar-refractivity contribution in [3.05, 3.63) is 52.9 Å². The van der Waals surface area contributed by atoms with Crippen molar-refractivity contribution in [3.63, 3.8) is 0 Å². The van der Waals surface area contributed by atoms with Gasteiger partial charge in [0.1, 0.15) is 48.6 Å². The van der Waals surface area contributed by atoms with E-state index in [1.54, 1.807) is 24.3 Å². The third-order valence-electron chi connectivity index (χ3n) is 7.45. The maximum Gasteiger partial charge on any atom is 0.229 e. The van der Waals surface area contributed by atoms with Crippen molar-refractivity contribution in [2.45, 2.75) is 68.3 Å². The lowest BCUT2D eigenvalue weighted by molar-refractivity contribution is -0.354. The highest BCUT2D eigenvalue weighted by Crippen LogP contribution is 2.38. The molecule has 2 aliphatic rings. The minimum Gasteiger partial charge on any atom is -0.502 e. The summed E-state index contributed by atoms with van der Waals surface area (Å²) in [4.78, 5) is 13.2. The SMILES string of the molecule is COc1ccc(-c2coc3c(O)c(O[C@@H]4O[C@@H](CO)[C@H](O)[C@@H](O)[C@@H]4O[C@H]4O[C@H](C)[C@@H](O)[C@H](O)[C@H]4O)ccc3c2=O)cc1. The van der Waals surface area contributed by atoms with E-state index in [-0.39, 0.29) is 22.3 Å². The van der Waals surface area contributed by atoms with E-state index in [1.807, 2.05) is 0 Å². The standard InChI is InChI=1S/C28H32O14/c1-11-18(30)22(34)24(36)27(39-11)42-26-23(35)20(32)17(9-29)41-28(26)40-16-8-7-14-19(31)15(10-38-25(14)21(16)33)12-3-5-13(37-2)6-4-12/h3-8,10-11,17-18,20,22-24,26-30,32-36H,9H2,1-2H3/t11-,17+,18-,20+,22+,23-,24-,26+,27-,28-/m1/s1. The fraction of sp³-hybridized carbons (Fsp3) is 0.464. The number of aromatic hydroxyl groups is 1. The highest BCUT2D eigenvalue weighted by molar-refractivity contribution is 5.87. The van der Waals surface area contributed by atoms with Gasteiger partial charge in [-0.05, 0) is 36.8 Å². The first-order chi connectivity index (χ1) is 20.0. The predicted octanol–water partition coefficient (Wildman–Crippen LogP) is -0.795. The van der Waals surface area contributed by atoms with Gasteiger partial charge in [0.05, 0.1) is 30.8 Å². The zero-order valence-corrected chi connectivity index (χ0v) is 22.5. The Morgan fingerprint density at radius 1 is 0.857 bits per heavy atom. The molecule has 2 aromatic carbocycles. The summed E-state index contributed by atoms with van der Waals surface area (Å²) in [7, 11) is 1.52. The second-order valence-corrected chi connectivity index (χ2v) is 10.1. The van der Waals surface area contributed by atoms with E-state index in [0.29, 0.717) is 11.3 Å². The lowest BCUT2D eigenvalue weighted by Crippen LogP contribution is -2.64. The third-order valence-corrected chi connectivity index (χ3v) is 7.45. The van der Waals surface area contributed by atoms with E-state index in [4.69, 9.17) is 28.1 Å². The monoisotopic (exact) mass is 592 g/mol. The Bertz CT molecular complexity index is 1440. The summed E-state index contributed by atoms with van der Waals surface area (Å²) >= 11 is 0. The van der Waals surface area contributed by atoms with E-state index < -0.39 is 79.2 Å². The molecule has 0 saturated carbocycles. The topological polar surface area (TPSA) is 218 Å². The number of phenolic OH excluding ortho intramolecular Hbond substituents is 1. The van der Waals surface area contributed by atoms with Gasteiger partial charge in [0.25, 0.3) is 0 Å². The van der Waals surface area contributed by atoms with Crippen LogP contribution in [0.3, 0.4) is 0 Å². The second kappa shape index (κ2) is 12.1. The second-order valence-electron chi connectivity index (χ2n) is 10.1. The number of ether oxygens (including phenoxy) is 5. The van der Waals surface area contributed by atoms with E-state index in [0.717, 1.165) is 0 Å². The molecule has 2 fully saturated rings. The van der Waals surface area contributed by atoms with Crippen LogP contribution in [0.15, 0.2) is 51.9 Å². The molecule has 2 aliphatic heterocycles. The zero-order chi connectivity index (χ0) is 30.3. The van der Waals surface area contributed by atoms with Gasteiger partial charge in [-0.15, -0.1) is 0 Å². The lowest BCUT2D eigenvalue weighted by atomic mass is 9.97. The minimum atomic E-state index is -1.76. The molecule has 0 amide bonds. The molecular formula is C28H32O14. The summed E-state index contributed by atoms with van der Waals surface area (Å²) < 4.78 is 33.2. The fourth-order valence-electron chi connectivity index (χ4n) is 4.93. The molecule has 0 spiro atoms. The molecule has 0 bridgehead atoms. The number of fused-ring (bicyclic) bond motifs is 1. The molecule has 3 aromatic rings. The van der Waals surface area contributed by atoms with Gasteiger partial charge in [-0.1, -0.05) is 12.1 Å². The first-order valence-electron chi connectivity index (χ1n) is 13.1. The number of hydrogen-bond donors (Lipinski definition) is 7. The smallest absolute Gasteiger partial charge is 0.229 e. The Labute approximate surface area is 238 Å². The van der Waals surface area contributed by atoms with Crippen LogP contribution in [0.5, 0.6) is 17.2 Å². The van der Waals surface area contributed by atoms with Gasteiger partial charge in [0.15, 0.2) is 23.7 Å². The van der Waals surface area contributed by atoms with E-state index in [9.17, 15) is 40.5 Å². The molecular weight excluding hydrogens is 560 g/mol. The number of methoxy groups -OCH3 is 1. The van der Waals surface area contributed by atoms with Crippen molar-refractivity contribution in [3.8, 4) is 28.4 Å². The molecule has 0 radical (unpaired) electrons. The first-order valence-corrected chi connectivity index (χ1v) is 13.1. The maximum absolute atomic E-state index is 13.2. The molecule has 228 valence electrons. The summed E-state index contributed by atoms with van der Waals surface area (Å²) in [5.41, 5.74) is 0.149. The Hall–Kier alpha value is -3.31. The van der Waals surface area contributed by atoms with Crippen LogP contribution in [0, 0.1) is 0 Å². The van der Waals surface area contributed by atoms with Crippen molar-refractivity contribution in [2.24, 2.45) is 0 Å². The average Bonchev–Trinajstić information content (AvgIpc) is 2.99. The molecule has 14 nitrogen and oxygen atoms in total. The third kappa shape index (κ3) is 5.44. The zero-order valence-electron chi connectivity index (χ0n) is 22.5. The van der Waals surface area contributed by atoms with Gasteiger partial charge in [0, 0.05) is 0 Å². The van der Waals surface area contributed by atoms with Gasteiger partial charge in [-0.3, -0.25) is 4.79 Å². The van der Waals surface area contributed by atoms with Gasteiger partial charge in [-0.25, -0.2) is 0 Å². The largest absolute Gasteiger partial charge is 0.502 e. The highest BCUT2D eigenvalue weighted by atomic mass is 16.8. The first kappa shape index (κ1) is 30.2. The molecule has 1 aromatic heterocycles. The van der Waals surface area contributed by atoms with Crippen molar-refractivity contribution >= 4 is 11.0 Å². The normalized spacial score (nSPS) is 33.4. The Morgan fingerprint density at radius 2 is 1.57 bits per heavy atom. The fourth-order valence-corrected chi connectivity index (χ4v) is 4.93. The molecule has 10 atom stereocenters. The Kier molecular flexibility index (Phi) is 8.71. The van der Waals surface area contributed by atoms with Crippen molar-refractivity contribution in [1.82, 2.24) is 0 Å². The summed E-state index contributed by atoms with van der Waals surface area (Å²) in [6.07, 6.45) is -14.2. The molecule has 14 heteroatoms. The minimum absolute atomic E-state index is 0.0366. The number of hydrogen-bond acceptors (Lipinski definition) is 14. The Balaban J connectivity index is 1.45. The number of benzene rings is 2. The average molecular weight is 593 g/mol. The molecule has 3 heterocycles. The van der Waals surface area contributed by atoms with E-state index in [1.165, 1.54) is 32.4 Å². The van der Waals surface area contributed by atoms with Crippen molar-refractivity contribution < 1.29 is 63.8 Å². The predicted molar refractivity (Wildman–Crippen MR) is 142 cm³/mol. The van der Waals surface area contributed by atoms with Crippen molar-refractivity contribution in [2.75, 3.05) is 13.7 Å². The molecule has 7 N–H and O–H groups in total. The van der Waals surface area contributed by atoms with Gasteiger partial charge in [-0.2, -0.15) is 0 Å². The number of aliphatic hydroxyl groups is 6. The molecule has 42 heavy (non-hydrogen) atoms. The Morgan fingerprint density at radius 3 is 2.24 bits per heavy atom. The van der Waals surface area contributed by atoms with E-state index >= 15 is 0 Å². The maximum atomic E-state index is 13.2.